The summed E-state index contributed by atoms with van der Waals surface area (Å²) in [5.74, 6) is 1.49. The summed E-state index contributed by atoms with van der Waals surface area (Å²) in [5, 5.41) is 0.692. The molecule has 1 atom stereocenters. The lowest BCUT2D eigenvalue weighted by atomic mass is 10.0. The van der Waals surface area contributed by atoms with Gasteiger partial charge >= 0.3 is 0 Å². The number of halogens is 1. The summed E-state index contributed by atoms with van der Waals surface area (Å²) >= 11 is 6.02. The van der Waals surface area contributed by atoms with Crippen LogP contribution in [0.3, 0.4) is 0 Å². The molecule has 4 nitrogen and oxygen atoms in total. The highest BCUT2D eigenvalue weighted by molar-refractivity contribution is 6.31. The second kappa shape index (κ2) is 7.79. The van der Waals surface area contributed by atoms with Gasteiger partial charge in [-0.2, -0.15) is 0 Å². The molecule has 0 bridgehead atoms. The molecule has 0 saturated carbocycles. The van der Waals surface area contributed by atoms with Gasteiger partial charge in [0, 0.05) is 11.6 Å². The van der Waals surface area contributed by atoms with E-state index < -0.39 is 0 Å². The van der Waals surface area contributed by atoms with Gasteiger partial charge in [0.1, 0.15) is 11.5 Å². The van der Waals surface area contributed by atoms with Crippen molar-refractivity contribution in [2.24, 2.45) is 0 Å². The summed E-state index contributed by atoms with van der Waals surface area (Å²) in [4.78, 5) is 14.5. The molecule has 5 heteroatoms. The van der Waals surface area contributed by atoms with Gasteiger partial charge in [-0.3, -0.25) is 4.79 Å². The van der Waals surface area contributed by atoms with Crippen LogP contribution in [0.4, 0.5) is 0 Å². The Labute approximate surface area is 153 Å². The number of hydrogen-bond donors (Lipinski definition) is 0. The van der Waals surface area contributed by atoms with Crippen LogP contribution in [0.25, 0.3) is 0 Å². The molecule has 1 amide bonds. The van der Waals surface area contributed by atoms with Crippen molar-refractivity contribution in [2.75, 3.05) is 20.3 Å². The second-order valence-electron chi connectivity index (χ2n) is 6.22. The van der Waals surface area contributed by atoms with Gasteiger partial charge in [-0.15, -0.1) is 0 Å². The predicted molar refractivity (Wildman–Crippen MR) is 98.4 cm³/mol. The topological polar surface area (TPSA) is 38.8 Å². The third kappa shape index (κ3) is 4.07. The Kier molecular flexibility index (Phi) is 5.49. The molecular formula is C20H22ClNO3. The SMILES string of the molecule is COc1ccc(C2CCCN2C(=O)COc2ccc(Cl)c(C)c2)cc1. The summed E-state index contributed by atoms with van der Waals surface area (Å²) in [6, 6.07) is 13.4. The average molecular weight is 360 g/mol. The highest BCUT2D eigenvalue weighted by Gasteiger charge is 2.30. The van der Waals surface area contributed by atoms with Crippen molar-refractivity contribution in [1.82, 2.24) is 4.90 Å². The maximum Gasteiger partial charge on any atom is 0.261 e. The molecule has 0 aliphatic carbocycles. The Bertz CT molecular complexity index is 745. The fourth-order valence-electron chi connectivity index (χ4n) is 3.17. The number of ether oxygens (including phenoxy) is 2. The lowest BCUT2D eigenvalue weighted by Crippen LogP contribution is -2.34. The predicted octanol–water partition coefficient (Wildman–Crippen LogP) is 4.40. The summed E-state index contributed by atoms with van der Waals surface area (Å²) in [7, 11) is 1.65. The van der Waals surface area contributed by atoms with E-state index >= 15 is 0 Å². The van der Waals surface area contributed by atoms with E-state index in [2.05, 4.69) is 0 Å². The minimum atomic E-state index is 0.00548. The van der Waals surface area contributed by atoms with Crippen LogP contribution >= 0.6 is 11.6 Å². The first-order valence-electron chi connectivity index (χ1n) is 8.41. The molecule has 0 N–H and O–H groups in total. The van der Waals surface area contributed by atoms with Crippen molar-refractivity contribution in [3.05, 3.63) is 58.6 Å². The minimum Gasteiger partial charge on any atom is -0.497 e. The van der Waals surface area contributed by atoms with Crippen LogP contribution in [0.1, 0.15) is 30.0 Å². The molecule has 1 unspecified atom stereocenters. The Hall–Kier alpha value is -2.20. The largest absolute Gasteiger partial charge is 0.497 e. The van der Waals surface area contributed by atoms with E-state index in [1.165, 1.54) is 0 Å². The molecule has 1 fully saturated rings. The van der Waals surface area contributed by atoms with Gasteiger partial charge in [-0.05, 0) is 61.2 Å². The van der Waals surface area contributed by atoms with Crippen LogP contribution in [0.15, 0.2) is 42.5 Å². The number of carbonyl (C=O) groups excluding carboxylic acids is 1. The lowest BCUT2D eigenvalue weighted by molar-refractivity contribution is -0.134. The molecule has 1 aliphatic heterocycles. The van der Waals surface area contributed by atoms with Crippen LogP contribution in [-0.2, 0) is 4.79 Å². The fourth-order valence-corrected chi connectivity index (χ4v) is 3.29. The van der Waals surface area contributed by atoms with Gasteiger partial charge in [-0.1, -0.05) is 23.7 Å². The number of hydrogen-bond acceptors (Lipinski definition) is 3. The Morgan fingerprint density at radius 1 is 1.20 bits per heavy atom. The van der Waals surface area contributed by atoms with Crippen LogP contribution in [0, 0.1) is 6.92 Å². The molecule has 1 heterocycles. The molecule has 0 aromatic heterocycles. The van der Waals surface area contributed by atoms with Gasteiger partial charge in [0.15, 0.2) is 6.61 Å². The van der Waals surface area contributed by atoms with Crippen LogP contribution in [0.2, 0.25) is 5.02 Å². The molecule has 2 aromatic carbocycles. The summed E-state index contributed by atoms with van der Waals surface area (Å²) in [5.41, 5.74) is 2.07. The zero-order chi connectivity index (χ0) is 17.8. The first kappa shape index (κ1) is 17.6. The van der Waals surface area contributed by atoms with Crippen molar-refractivity contribution in [1.29, 1.82) is 0 Å². The molecule has 132 valence electrons. The number of likely N-dealkylation sites (tertiary alicyclic amines) is 1. The number of nitrogens with zero attached hydrogens (tertiary/aromatic N) is 1. The first-order chi connectivity index (χ1) is 12.1. The minimum absolute atomic E-state index is 0.00548. The zero-order valence-corrected chi connectivity index (χ0v) is 15.3. The number of amides is 1. The van der Waals surface area contributed by atoms with E-state index in [4.69, 9.17) is 21.1 Å². The van der Waals surface area contributed by atoms with E-state index in [-0.39, 0.29) is 18.6 Å². The Balaban J connectivity index is 1.64. The van der Waals surface area contributed by atoms with Gasteiger partial charge in [0.2, 0.25) is 0 Å². The first-order valence-corrected chi connectivity index (χ1v) is 8.78. The van der Waals surface area contributed by atoms with Crippen molar-refractivity contribution in [3.8, 4) is 11.5 Å². The van der Waals surface area contributed by atoms with E-state index in [1.54, 1.807) is 19.2 Å². The van der Waals surface area contributed by atoms with Gasteiger partial charge < -0.3 is 14.4 Å². The van der Waals surface area contributed by atoms with E-state index in [9.17, 15) is 4.79 Å². The van der Waals surface area contributed by atoms with Crippen LogP contribution in [0.5, 0.6) is 11.5 Å². The van der Waals surface area contributed by atoms with Crippen LogP contribution < -0.4 is 9.47 Å². The standard InChI is InChI=1S/C20H22ClNO3/c1-14-12-17(9-10-18(14)21)25-13-20(23)22-11-3-4-19(22)15-5-7-16(24-2)8-6-15/h5-10,12,19H,3-4,11,13H2,1-2H3. The van der Waals surface area contributed by atoms with Crippen molar-refractivity contribution in [2.45, 2.75) is 25.8 Å². The number of aryl methyl sites for hydroxylation is 1. The number of rotatable bonds is 5. The fraction of sp³-hybridized carbons (Fsp3) is 0.350. The normalized spacial score (nSPS) is 16.8. The molecule has 2 aromatic rings. The molecule has 1 aliphatic rings. The Morgan fingerprint density at radius 3 is 2.60 bits per heavy atom. The molecule has 0 radical (unpaired) electrons. The summed E-state index contributed by atoms with van der Waals surface area (Å²) in [6.07, 6.45) is 1.97. The van der Waals surface area contributed by atoms with E-state index in [0.29, 0.717) is 10.8 Å². The van der Waals surface area contributed by atoms with Gasteiger partial charge in [0.05, 0.1) is 13.2 Å². The van der Waals surface area contributed by atoms with Gasteiger partial charge in [-0.25, -0.2) is 0 Å². The van der Waals surface area contributed by atoms with Gasteiger partial charge in [0.25, 0.3) is 5.91 Å². The van der Waals surface area contributed by atoms with E-state index in [0.717, 1.165) is 36.3 Å². The van der Waals surface area contributed by atoms with Crippen molar-refractivity contribution < 1.29 is 14.3 Å². The summed E-state index contributed by atoms with van der Waals surface area (Å²) < 4.78 is 10.9. The monoisotopic (exact) mass is 359 g/mol. The average Bonchev–Trinajstić information content (AvgIpc) is 3.12. The maximum absolute atomic E-state index is 12.6. The molecule has 1 saturated heterocycles. The van der Waals surface area contributed by atoms with E-state index in [1.807, 2.05) is 42.2 Å². The number of methoxy groups -OCH3 is 1. The smallest absolute Gasteiger partial charge is 0.261 e. The molecule has 25 heavy (non-hydrogen) atoms. The summed E-state index contributed by atoms with van der Waals surface area (Å²) in [6.45, 7) is 2.71. The van der Waals surface area contributed by atoms with Crippen molar-refractivity contribution in [3.63, 3.8) is 0 Å². The number of carbonyl (C=O) groups is 1. The second-order valence-corrected chi connectivity index (χ2v) is 6.63. The third-order valence-electron chi connectivity index (χ3n) is 4.57. The quantitative estimate of drug-likeness (QED) is 0.794. The van der Waals surface area contributed by atoms with Crippen molar-refractivity contribution >= 4 is 17.5 Å². The third-order valence-corrected chi connectivity index (χ3v) is 4.99. The zero-order valence-electron chi connectivity index (χ0n) is 14.5. The molecular weight excluding hydrogens is 338 g/mol. The Morgan fingerprint density at radius 2 is 1.92 bits per heavy atom. The molecule has 3 rings (SSSR count). The highest BCUT2D eigenvalue weighted by Crippen LogP contribution is 2.33. The molecule has 0 spiro atoms. The van der Waals surface area contributed by atoms with Crippen LogP contribution in [-0.4, -0.2) is 31.1 Å². The highest BCUT2D eigenvalue weighted by atomic mass is 35.5. The maximum atomic E-state index is 12.6. The lowest BCUT2D eigenvalue weighted by Gasteiger charge is -2.25. The number of benzene rings is 2.